The van der Waals surface area contributed by atoms with E-state index < -0.39 is 5.97 Å². The number of esters is 1. The van der Waals surface area contributed by atoms with E-state index >= 15 is 0 Å². The lowest BCUT2D eigenvalue weighted by molar-refractivity contribution is -0.140. The smallest absolute Gasteiger partial charge is 0.335 e. The Balaban J connectivity index is 1.93. The fourth-order valence-corrected chi connectivity index (χ4v) is 3.54. The van der Waals surface area contributed by atoms with Crippen molar-refractivity contribution in [3.05, 3.63) is 78.0 Å². The number of amides is 1. The molecule has 1 N–H and O–H groups in total. The summed E-state index contributed by atoms with van der Waals surface area (Å²) in [6, 6.07) is 13.2. The molecule has 1 amide bonds. The van der Waals surface area contributed by atoms with E-state index in [0.717, 1.165) is 11.3 Å². The highest BCUT2D eigenvalue weighted by Gasteiger charge is 2.29. The monoisotopic (exact) mass is 447 g/mol. The van der Waals surface area contributed by atoms with Crippen LogP contribution in [0.2, 0.25) is 0 Å². The molecule has 0 saturated carbocycles. The van der Waals surface area contributed by atoms with Gasteiger partial charge in [0.1, 0.15) is 0 Å². The molecule has 8 nitrogen and oxygen atoms in total. The van der Waals surface area contributed by atoms with Gasteiger partial charge >= 0.3 is 11.9 Å². The maximum Gasteiger partial charge on any atom is 0.335 e. The number of hydrogen-bond acceptors (Lipinski definition) is 6. The van der Waals surface area contributed by atoms with E-state index in [1.807, 2.05) is 36.1 Å². The van der Waals surface area contributed by atoms with Crippen molar-refractivity contribution < 1.29 is 24.2 Å². The maximum absolute atomic E-state index is 13.1. The van der Waals surface area contributed by atoms with Gasteiger partial charge in [0.2, 0.25) is 0 Å². The number of aromatic carboxylic acids is 1. The Hall–Kier alpha value is -4.20. The summed E-state index contributed by atoms with van der Waals surface area (Å²) < 4.78 is 4.78. The molecule has 170 valence electrons. The number of carbonyl (C=O) groups excluding carboxylic acids is 2. The van der Waals surface area contributed by atoms with E-state index in [-0.39, 0.29) is 29.9 Å². The minimum Gasteiger partial charge on any atom is -0.478 e. The Labute approximate surface area is 192 Å². The second-order valence-electron chi connectivity index (χ2n) is 7.49. The maximum atomic E-state index is 13.1. The summed E-state index contributed by atoms with van der Waals surface area (Å²) in [5.74, 6) is -1.69. The van der Waals surface area contributed by atoms with Crippen LogP contribution < -0.4 is 9.91 Å². The number of ether oxygens (including phenoxy) is 1. The molecule has 0 aliphatic carbocycles. The molecule has 1 heterocycles. The second kappa shape index (κ2) is 9.95. The van der Waals surface area contributed by atoms with Gasteiger partial charge in [0.15, 0.2) is 0 Å². The summed E-state index contributed by atoms with van der Waals surface area (Å²) in [5, 5.41) is 14.7. The summed E-state index contributed by atoms with van der Waals surface area (Å²) >= 11 is 0. The molecule has 0 bridgehead atoms. The third kappa shape index (κ3) is 5.01. The number of para-hydroxylation sites is 1. The molecule has 0 aromatic heterocycles. The number of nitrogens with zero attached hydrogens (tertiary/aromatic N) is 3. The van der Waals surface area contributed by atoms with Crippen molar-refractivity contribution in [1.29, 1.82) is 0 Å². The summed E-state index contributed by atoms with van der Waals surface area (Å²) in [6.45, 7) is 7.50. The van der Waals surface area contributed by atoms with E-state index in [9.17, 15) is 14.4 Å². The summed E-state index contributed by atoms with van der Waals surface area (Å²) in [5.41, 5.74) is 3.08. The first-order valence-electron chi connectivity index (χ1n) is 10.3. The van der Waals surface area contributed by atoms with Gasteiger partial charge in [-0.3, -0.25) is 9.59 Å². The Morgan fingerprint density at radius 1 is 1.21 bits per heavy atom. The van der Waals surface area contributed by atoms with Crippen LogP contribution in [0.1, 0.15) is 36.2 Å². The quantitative estimate of drug-likeness (QED) is 0.483. The summed E-state index contributed by atoms with van der Waals surface area (Å²) in [6.07, 6.45) is 3.56. The van der Waals surface area contributed by atoms with Crippen molar-refractivity contribution in [2.45, 2.75) is 26.3 Å². The topological polar surface area (TPSA) is 99.5 Å². The van der Waals surface area contributed by atoms with Crippen molar-refractivity contribution in [1.82, 2.24) is 0 Å². The van der Waals surface area contributed by atoms with Gasteiger partial charge in [0.25, 0.3) is 5.91 Å². The number of benzene rings is 2. The number of carbonyl (C=O) groups is 3. The van der Waals surface area contributed by atoms with Gasteiger partial charge in [-0.15, -0.1) is 0 Å². The predicted molar refractivity (Wildman–Crippen MR) is 127 cm³/mol. The van der Waals surface area contributed by atoms with Gasteiger partial charge in [-0.2, -0.15) is 10.1 Å². The molecule has 1 atom stereocenters. The van der Waals surface area contributed by atoms with Crippen LogP contribution in [-0.2, 0) is 14.3 Å². The lowest BCUT2D eigenvalue weighted by Gasteiger charge is -2.28. The van der Waals surface area contributed by atoms with Crippen molar-refractivity contribution in [2.75, 3.05) is 17.0 Å². The SMILES string of the molecule is C=CN(c1ccccc1/C=C1/C(=O)N(c2ccc(C(=O)O)cc2)N=C1C)C(C)CC(=O)OC. The molecular weight excluding hydrogens is 422 g/mol. The Bertz CT molecular complexity index is 1150. The highest BCUT2D eigenvalue weighted by Crippen LogP contribution is 2.30. The third-order valence-electron chi connectivity index (χ3n) is 5.30. The molecule has 0 saturated heterocycles. The molecule has 1 aliphatic heterocycles. The fraction of sp³-hybridized carbons (Fsp3) is 0.200. The molecule has 33 heavy (non-hydrogen) atoms. The molecule has 0 radical (unpaired) electrons. The number of methoxy groups -OCH3 is 1. The van der Waals surface area contributed by atoms with Crippen LogP contribution in [0.25, 0.3) is 6.08 Å². The lowest BCUT2D eigenvalue weighted by atomic mass is 10.0. The number of anilines is 2. The van der Waals surface area contributed by atoms with Gasteiger partial charge in [-0.1, -0.05) is 24.8 Å². The molecule has 8 heteroatoms. The molecule has 0 fully saturated rings. The molecule has 2 aromatic carbocycles. The zero-order chi connectivity index (χ0) is 24.1. The first-order chi connectivity index (χ1) is 15.8. The fourth-order valence-electron chi connectivity index (χ4n) is 3.54. The lowest BCUT2D eigenvalue weighted by Crippen LogP contribution is -2.30. The second-order valence-corrected chi connectivity index (χ2v) is 7.49. The average molecular weight is 447 g/mol. The normalized spacial score (nSPS) is 15.2. The number of hydrazone groups is 1. The highest BCUT2D eigenvalue weighted by atomic mass is 16.5. The van der Waals surface area contributed by atoms with Crippen LogP contribution in [0.5, 0.6) is 0 Å². The molecule has 1 unspecified atom stereocenters. The van der Waals surface area contributed by atoms with E-state index in [2.05, 4.69) is 11.7 Å². The predicted octanol–water partition coefficient (Wildman–Crippen LogP) is 4.09. The molecule has 2 aromatic rings. The van der Waals surface area contributed by atoms with Crippen LogP contribution in [0.4, 0.5) is 11.4 Å². The Morgan fingerprint density at radius 2 is 1.88 bits per heavy atom. The zero-order valence-corrected chi connectivity index (χ0v) is 18.7. The van der Waals surface area contributed by atoms with Crippen LogP contribution in [0, 0.1) is 0 Å². The van der Waals surface area contributed by atoms with Crippen molar-refractivity contribution in [3.63, 3.8) is 0 Å². The van der Waals surface area contributed by atoms with Crippen molar-refractivity contribution >= 4 is 41.0 Å². The minimum absolute atomic E-state index is 0.126. The first kappa shape index (κ1) is 23.5. The van der Waals surface area contributed by atoms with Crippen molar-refractivity contribution in [3.8, 4) is 0 Å². The Kier molecular flexibility index (Phi) is 7.07. The van der Waals surface area contributed by atoms with Gasteiger partial charge in [-0.25, -0.2) is 4.79 Å². The number of carboxylic acid groups (broad SMARTS) is 1. The highest BCUT2D eigenvalue weighted by molar-refractivity contribution is 6.32. The van der Waals surface area contributed by atoms with Gasteiger partial charge in [0.05, 0.1) is 36.1 Å². The minimum atomic E-state index is -1.04. The number of hydrogen-bond donors (Lipinski definition) is 1. The third-order valence-corrected chi connectivity index (χ3v) is 5.30. The van der Waals surface area contributed by atoms with Crippen molar-refractivity contribution in [2.24, 2.45) is 5.10 Å². The molecule has 3 rings (SSSR count). The Morgan fingerprint density at radius 3 is 2.48 bits per heavy atom. The zero-order valence-electron chi connectivity index (χ0n) is 18.7. The van der Waals surface area contributed by atoms with E-state index in [1.54, 1.807) is 31.3 Å². The van der Waals surface area contributed by atoms with E-state index in [0.29, 0.717) is 17.0 Å². The van der Waals surface area contributed by atoms with E-state index in [1.165, 1.54) is 24.3 Å². The molecule has 1 aliphatic rings. The number of rotatable bonds is 8. The summed E-state index contributed by atoms with van der Waals surface area (Å²) in [4.78, 5) is 37.8. The summed E-state index contributed by atoms with van der Waals surface area (Å²) in [7, 11) is 1.35. The van der Waals surface area contributed by atoms with Crippen LogP contribution in [0.3, 0.4) is 0 Å². The first-order valence-corrected chi connectivity index (χ1v) is 10.3. The average Bonchev–Trinajstić information content (AvgIpc) is 3.08. The largest absolute Gasteiger partial charge is 0.478 e. The van der Waals surface area contributed by atoms with E-state index in [4.69, 9.17) is 9.84 Å². The van der Waals surface area contributed by atoms with Crippen LogP contribution in [-0.4, -0.2) is 41.8 Å². The van der Waals surface area contributed by atoms with Gasteiger partial charge in [0, 0.05) is 11.7 Å². The molecule has 0 spiro atoms. The van der Waals surface area contributed by atoms with Gasteiger partial charge < -0.3 is 14.7 Å². The standard InChI is InChI=1S/C25H25N3O5/c1-5-27(16(2)14-23(29)33-4)22-9-7-6-8-19(22)15-21-17(3)26-28(24(21)30)20-12-10-18(11-13-20)25(31)32/h5-13,15-16H,1,14H2,2-4H3,(H,31,32)/b21-15+. The van der Waals surface area contributed by atoms with Crippen LogP contribution >= 0.6 is 0 Å². The van der Waals surface area contributed by atoms with Gasteiger partial charge in [-0.05, 0) is 62.0 Å². The number of carboxylic acids is 1. The molecular formula is C25H25N3O5. The van der Waals surface area contributed by atoms with Crippen LogP contribution in [0.15, 0.2) is 72.0 Å².